The molecule has 0 bridgehead atoms. The van der Waals surface area contributed by atoms with E-state index in [1.54, 1.807) is 0 Å². The van der Waals surface area contributed by atoms with Crippen molar-refractivity contribution in [1.82, 2.24) is 20.4 Å². The normalized spacial score (nSPS) is 20.5. The topological polar surface area (TPSA) is 79.4 Å². The first kappa shape index (κ1) is 16.6. The van der Waals surface area contributed by atoms with Gasteiger partial charge < -0.3 is 10.1 Å². The number of amides is 2. The molecule has 1 aliphatic heterocycles. The van der Waals surface area contributed by atoms with Crippen LogP contribution in [-0.4, -0.2) is 60.0 Å². The van der Waals surface area contributed by atoms with Crippen molar-refractivity contribution in [1.29, 1.82) is 0 Å². The van der Waals surface area contributed by atoms with E-state index in [2.05, 4.69) is 39.6 Å². The van der Waals surface area contributed by atoms with Gasteiger partial charge in [0, 0.05) is 31.6 Å². The Labute approximate surface area is 140 Å². The second-order valence-corrected chi connectivity index (χ2v) is 7.52. The summed E-state index contributed by atoms with van der Waals surface area (Å²) < 4.78 is 5.41. The van der Waals surface area contributed by atoms with Crippen molar-refractivity contribution in [2.45, 2.75) is 38.6 Å². The number of ether oxygens (including phenoxy) is 1. The van der Waals surface area contributed by atoms with Gasteiger partial charge in [-0.05, 0) is 18.8 Å². The lowest BCUT2D eigenvalue weighted by Gasteiger charge is -2.36. The molecule has 2 aliphatic rings. The number of hydrogen-bond acceptors (Lipinski definition) is 6. The van der Waals surface area contributed by atoms with Crippen LogP contribution in [-0.2, 0) is 4.74 Å². The number of carbonyl (C=O) groups excluding carboxylic acids is 1. The zero-order valence-corrected chi connectivity index (χ0v) is 14.6. The number of aromatic nitrogens is 2. The summed E-state index contributed by atoms with van der Waals surface area (Å²) in [5.41, 5.74) is 0. The minimum absolute atomic E-state index is 0.206. The van der Waals surface area contributed by atoms with Crippen LogP contribution in [0.5, 0.6) is 0 Å². The van der Waals surface area contributed by atoms with E-state index in [0.717, 1.165) is 31.3 Å². The first-order valence-electron chi connectivity index (χ1n) is 8.33. The number of morpholine rings is 1. The first-order chi connectivity index (χ1) is 11.1. The van der Waals surface area contributed by atoms with Gasteiger partial charge in [0.1, 0.15) is 5.01 Å². The number of urea groups is 1. The Balaban J connectivity index is 1.47. The van der Waals surface area contributed by atoms with Crippen LogP contribution in [0.2, 0.25) is 0 Å². The third-order valence-electron chi connectivity index (χ3n) is 4.34. The number of nitrogens with one attached hydrogen (secondary N) is 2. The molecule has 0 radical (unpaired) electrons. The molecule has 8 heteroatoms. The largest absolute Gasteiger partial charge is 0.379 e. The fourth-order valence-corrected chi connectivity index (χ4v) is 3.72. The molecule has 1 aromatic heterocycles. The lowest BCUT2D eigenvalue weighted by atomic mass is 10.0. The molecular weight excluding hydrogens is 314 g/mol. The molecule has 1 saturated carbocycles. The van der Waals surface area contributed by atoms with Crippen LogP contribution in [0.1, 0.15) is 37.6 Å². The van der Waals surface area contributed by atoms with Gasteiger partial charge in [0.2, 0.25) is 5.13 Å². The second-order valence-electron chi connectivity index (χ2n) is 6.51. The highest BCUT2D eigenvalue weighted by atomic mass is 32.1. The molecule has 0 spiro atoms. The predicted octanol–water partition coefficient (Wildman–Crippen LogP) is 1.89. The van der Waals surface area contributed by atoms with Crippen molar-refractivity contribution in [3.8, 4) is 0 Å². The fourth-order valence-electron chi connectivity index (χ4n) is 2.81. The molecule has 2 amide bonds. The van der Waals surface area contributed by atoms with Crippen molar-refractivity contribution in [2.24, 2.45) is 5.92 Å². The minimum atomic E-state index is -0.206. The van der Waals surface area contributed by atoms with Crippen molar-refractivity contribution < 1.29 is 9.53 Å². The van der Waals surface area contributed by atoms with Crippen molar-refractivity contribution in [3.63, 3.8) is 0 Å². The minimum Gasteiger partial charge on any atom is -0.379 e. The highest BCUT2D eigenvalue weighted by Crippen LogP contribution is 2.41. The Morgan fingerprint density at radius 2 is 2.09 bits per heavy atom. The standard InChI is InChI=1S/C15H25N5O2S/c1-10(2)12(20-5-7-22-8-6-20)9-16-14(21)17-15-19-18-13(23-15)11-3-4-11/h10-12H,3-9H2,1-2H3,(H2,16,17,19,21)/t12-/m0/s1. The quantitative estimate of drug-likeness (QED) is 0.827. The Morgan fingerprint density at radius 3 is 2.74 bits per heavy atom. The highest BCUT2D eigenvalue weighted by molar-refractivity contribution is 7.15. The molecular formula is C15H25N5O2S. The second kappa shape index (κ2) is 7.55. The molecule has 1 aliphatic carbocycles. The summed E-state index contributed by atoms with van der Waals surface area (Å²) in [6, 6.07) is 0.114. The molecule has 7 nitrogen and oxygen atoms in total. The Hall–Kier alpha value is -1.25. The van der Waals surface area contributed by atoms with Crippen LogP contribution in [0.3, 0.4) is 0 Å². The number of anilines is 1. The van der Waals surface area contributed by atoms with Crippen LogP contribution in [0.4, 0.5) is 9.93 Å². The summed E-state index contributed by atoms with van der Waals surface area (Å²) in [6.45, 7) is 8.38. The number of carbonyl (C=O) groups is 1. The van der Waals surface area contributed by atoms with Crippen LogP contribution < -0.4 is 10.6 Å². The lowest BCUT2D eigenvalue weighted by Crippen LogP contribution is -2.51. The van der Waals surface area contributed by atoms with E-state index in [1.165, 1.54) is 24.2 Å². The smallest absolute Gasteiger partial charge is 0.321 e. The van der Waals surface area contributed by atoms with Gasteiger partial charge in [-0.25, -0.2) is 4.79 Å². The highest BCUT2D eigenvalue weighted by Gasteiger charge is 2.28. The maximum absolute atomic E-state index is 12.1. The van der Waals surface area contributed by atoms with Crippen molar-refractivity contribution in [3.05, 3.63) is 5.01 Å². The Kier molecular flexibility index (Phi) is 5.45. The molecule has 23 heavy (non-hydrogen) atoms. The molecule has 0 aromatic carbocycles. The van der Waals surface area contributed by atoms with Gasteiger partial charge in [-0.2, -0.15) is 0 Å². The van der Waals surface area contributed by atoms with E-state index in [9.17, 15) is 4.79 Å². The van der Waals surface area contributed by atoms with E-state index in [1.807, 2.05) is 0 Å². The molecule has 0 unspecified atom stereocenters. The van der Waals surface area contributed by atoms with E-state index < -0.39 is 0 Å². The van der Waals surface area contributed by atoms with Crippen molar-refractivity contribution >= 4 is 22.5 Å². The summed E-state index contributed by atoms with van der Waals surface area (Å²) >= 11 is 1.48. The van der Waals surface area contributed by atoms with Gasteiger partial charge in [-0.3, -0.25) is 10.2 Å². The lowest BCUT2D eigenvalue weighted by molar-refractivity contribution is 0.00728. The Bertz CT molecular complexity index is 526. The van der Waals surface area contributed by atoms with E-state index in [4.69, 9.17) is 4.74 Å². The zero-order chi connectivity index (χ0) is 16.2. The maximum Gasteiger partial charge on any atom is 0.321 e. The third kappa shape index (κ3) is 4.62. The van der Waals surface area contributed by atoms with Gasteiger partial charge in [0.15, 0.2) is 0 Å². The number of nitrogens with zero attached hydrogens (tertiary/aromatic N) is 3. The molecule has 3 rings (SSSR count). The number of hydrogen-bond donors (Lipinski definition) is 2. The average molecular weight is 339 g/mol. The molecule has 1 atom stereocenters. The summed E-state index contributed by atoms with van der Waals surface area (Å²) in [4.78, 5) is 14.5. The zero-order valence-electron chi connectivity index (χ0n) is 13.7. The van der Waals surface area contributed by atoms with E-state index >= 15 is 0 Å². The Morgan fingerprint density at radius 1 is 1.35 bits per heavy atom. The first-order valence-corrected chi connectivity index (χ1v) is 9.15. The van der Waals surface area contributed by atoms with Crippen molar-refractivity contribution in [2.75, 3.05) is 38.2 Å². The molecule has 1 aromatic rings. The maximum atomic E-state index is 12.1. The van der Waals surface area contributed by atoms with Crippen LogP contribution in [0.15, 0.2) is 0 Å². The molecule has 128 valence electrons. The van der Waals surface area contributed by atoms with Crippen LogP contribution in [0, 0.1) is 5.92 Å². The molecule has 2 N–H and O–H groups in total. The summed E-state index contributed by atoms with van der Waals surface area (Å²) in [7, 11) is 0. The monoisotopic (exact) mass is 339 g/mol. The van der Waals surface area contributed by atoms with Gasteiger partial charge in [-0.1, -0.05) is 25.2 Å². The summed E-state index contributed by atoms with van der Waals surface area (Å²) in [6.07, 6.45) is 2.38. The van der Waals surface area contributed by atoms with Gasteiger partial charge in [-0.15, -0.1) is 10.2 Å². The third-order valence-corrected chi connectivity index (χ3v) is 5.34. The van der Waals surface area contributed by atoms with Gasteiger partial charge in [0.05, 0.1) is 13.2 Å². The fraction of sp³-hybridized carbons (Fsp3) is 0.800. The van der Waals surface area contributed by atoms with Gasteiger partial charge in [0.25, 0.3) is 0 Å². The van der Waals surface area contributed by atoms with Crippen LogP contribution >= 0.6 is 11.3 Å². The van der Waals surface area contributed by atoms with E-state index in [-0.39, 0.29) is 6.03 Å². The van der Waals surface area contributed by atoms with E-state index in [0.29, 0.717) is 29.6 Å². The summed E-state index contributed by atoms with van der Waals surface area (Å²) in [5.74, 6) is 1.04. The summed E-state index contributed by atoms with van der Waals surface area (Å²) in [5, 5.41) is 15.6. The predicted molar refractivity (Wildman–Crippen MR) is 89.9 cm³/mol. The SMILES string of the molecule is CC(C)[C@H](CNC(=O)Nc1nnc(C2CC2)s1)N1CCOCC1. The van der Waals surface area contributed by atoms with Crippen LogP contribution in [0.25, 0.3) is 0 Å². The molecule has 2 fully saturated rings. The number of rotatable bonds is 6. The van der Waals surface area contributed by atoms with Gasteiger partial charge >= 0.3 is 6.03 Å². The molecule has 1 saturated heterocycles. The average Bonchev–Trinajstić information content (AvgIpc) is 3.29. The molecule has 2 heterocycles.